The third-order valence-electron chi connectivity index (χ3n) is 4.09. The van der Waals surface area contributed by atoms with Crippen LogP contribution in [0, 0.1) is 0 Å². The Morgan fingerprint density at radius 1 is 1.29 bits per heavy atom. The van der Waals surface area contributed by atoms with Crippen molar-refractivity contribution in [2.45, 2.75) is 31.8 Å². The topological polar surface area (TPSA) is 87.5 Å². The molecule has 0 saturated carbocycles. The van der Waals surface area contributed by atoms with Gasteiger partial charge in [0, 0.05) is 30.7 Å². The monoisotopic (exact) mass is 352 g/mol. The van der Waals surface area contributed by atoms with Gasteiger partial charge in [-0.2, -0.15) is 0 Å². The minimum Gasteiger partial charge on any atom is -0.355 e. The van der Waals surface area contributed by atoms with Gasteiger partial charge in [-0.15, -0.1) is 0 Å². The number of likely N-dealkylation sites (tertiary alicyclic amines) is 1. The molecule has 0 unspecified atom stereocenters. The number of halogens is 1. The molecular formula is C17H25ClN4O2. The highest BCUT2D eigenvalue weighted by atomic mass is 35.5. The number of hydrogen-bond donors (Lipinski definition) is 3. The molecule has 0 aliphatic carbocycles. The average molecular weight is 353 g/mol. The van der Waals surface area contributed by atoms with Crippen molar-refractivity contribution in [3.8, 4) is 0 Å². The number of nitrogens with two attached hydrogens (primary N) is 1. The Kier molecular flexibility index (Phi) is 7.02. The summed E-state index contributed by atoms with van der Waals surface area (Å²) in [5.41, 5.74) is 7.06. The van der Waals surface area contributed by atoms with Gasteiger partial charge in [0.25, 0.3) is 0 Å². The molecule has 0 aromatic heterocycles. The molecule has 2 atom stereocenters. The number of rotatable bonds is 7. The average Bonchev–Trinajstić information content (AvgIpc) is 2.90. The van der Waals surface area contributed by atoms with E-state index in [-0.39, 0.29) is 30.4 Å². The third-order valence-corrected chi connectivity index (χ3v) is 4.34. The van der Waals surface area contributed by atoms with E-state index in [2.05, 4.69) is 10.6 Å². The molecule has 1 aliphatic heterocycles. The van der Waals surface area contributed by atoms with E-state index in [1.807, 2.05) is 36.1 Å². The van der Waals surface area contributed by atoms with E-state index in [0.717, 1.165) is 12.0 Å². The van der Waals surface area contributed by atoms with Gasteiger partial charge in [-0.05, 0) is 37.5 Å². The van der Waals surface area contributed by atoms with Crippen LogP contribution in [0.25, 0.3) is 0 Å². The van der Waals surface area contributed by atoms with Crippen LogP contribution in [0.15, 0.2) is 24.3 Å². The Morgan fingerprint density at radius 2 is 2.00 bits per heavy atom. The van der Waals surface area contributed by atoms with E-state index >= 15 is 0 Å². The smallest absolute Gasteiger partial charge is 0.237 e. The van der Waals surface area contributed by atoms with Gasteiger partial charge in [0.1, 0.15) is 0 Å². The fourth-order valence-electron chi connectivity index (χ4n) is 2.92. The van der Waals surface area contributed by atoms with Crippen LogP contribution in [0.4, 0.5) is 0 Å². The molecule has 2 amide bonds. The number of hydrogen-bond acceptors (Lipinski definition) is 4. The first-order valence-corrected chi connectivity index (χ1v) is 8.66. The van der Waals surface area contributed by atoms with Crippen molar-refractivity contribution in [2.75, 3.05) is 26.2 Å². The summed E-state index contributed by atoms with van der Waals surface area (Å²) in [5, 5.41) is 6.39. The van der Waals surface area contributed by atoms with Crippen LogP contribution in [0.2, 0.25) is 5.02 Å². The van der Waals surface area contributed by atoms with E-state index in [0.29, 0.717) is 31.1 Å². The van der Waals surface area contributed by atoms with Crippen LogP contribution in [0.1, 0.15) is 18.9 Å². The summed E-state index contributed by atoms with van der Waals surface area (Å²) >= 11 is 5.85. The molecule has 1 saturated heterocycles. The third kappa shape index (κ3) is 5.47. The second kappa shape index (κ2) is 9.01. The molecule has 1 aromatic rings. The molecule has 1 fully saturated rings. The summed E-state index contributed by atoms with van der Waals surface area (Å²) in [6, 6.07) is 7.17. The molecule has 6 nitrogen and oxygen atoms in total. The highest BCUT2D eigenvalue weighted by Gasteiger charge is 2.35. The number of carbonyl (C=O) groups excluding carboxylic acids is 2. The van der Waals surface area contributed by atoms with Crippen molar-refractivity contribution in [3.05, 3.63) is 34.9 Å². The van der Waals surface area contributed by atoms with E-state index in [9.17, 15) is 9.59 Å². The van der Waals surface area contributed by atoms with Gasteiger partial charge in [-0.25, -0.2) is 0 Å². The van der Waals surface area contributed by atoms with E-state index in [1.165, 1.54) is 0 Å². The first-order chi connectivity index (χ1) is 11.5. The van der Waals surface area contributed by atoms with Crippen molar-refractivity contribution >= 4 is 23.4 Å². The zero-order chi connectivity index (χ0) is 17.5. The quantitative estimate of drug-likeness (QED) is 0.668. The first kappa shape index (κ1) is 18.7. The van der Waals surface area contributed by atoms with Crippen LogP contribution >= 0.6 is 11.6 Å². The largest absolute Gasteiger partial charge is 0.355 e. The highest BCUT2D eigenvalue weighted by Crippen LogP contribution is 2.16. The standard InChI is InChI=1S/C17H25ClN4O2/c1-2-20-17(24)15-9-14(19)10-22(15)11-16(23)21-8-7-12-3-5-13(18)6-4-12/h3-6,14-15H,2,7-11,19H2,1H3,(H,20,24)(H,21,23)/t14-,15-/m0/s1. The minimum absolute atomic E-state index is 0.0561. The van der Waals surface area contributed by atoms with E-state index in [1.54, 1.807) is 0 Å². The van der Waals surface area contributed by atoms with Crippen molar-refractivity contribution in [2.24, 2.45) is 5.73 Å². The molecule has 1 aliphatic rings. The Labute approximate surface area is 147 Å². The van der Waals surface area contributed by atoms with Gasteiger partial charge in [-0.1, -0.05) is 23.7 Å². The van der Waals surface area contributed by atoms with E-state index in [4.69, 9.17) is 17.3 Å². The summed E-state index contributed by atoms with van der Waals surface area (Å²) in [4.78, 5) is 26.0. The SMILES string of the molecule is CCNC(=O)[C@@H]1C[C@H](N)CN1CC(=O)NCCc1ccc(Cl)cc1. The fraction of sp³-hybridized carbons (Fsp3) is 0.529. The Bertz CT molecular complexity index is 564. The summed E-state index contributed by atoms with van der Waals surface area (Å²) in [6.45, 7) is 3.75. The molecule has 24 heavy (non-hydrogen) atoms. The number of carbonyl (C=O) groups is 2. The molecule has 2 rings (SSSR count). The molecule has 1 aromatic carbocycles. The lowest BCUT2D eigenvalue weighted by Gasteiger charge is -2.22. The summed E-state index contributed by atoms with van der Waals surface area (Å²) in [5.74, 6) is -0.147. The summed E-state index contributed by atoms with van der Waals surface area (Å²) < 4.78 is 0. The zero-order valence-corrected chi connectivity index (χ0v) is 14.7. The number of nitrogens with zero attached hydrogens (tertiary/aromatic N) is 1. The fourth-order valence-corrected chi connectivity index (χ4v) is 3.04. The molecular weight excluding hydrogens is 328 g/mol. The Hall–Kier alpha value is -1.63. The van der Waals surface area contributed by atoms with E-state index < -0.39 is 0 Å². The van der Waals surface area contributed by atoms with Crippen LogP contribution < -0.4 is 16.4 Å². The van der Waals surface area contributed by atoms with Crippen molar-refractivity contribution in [1.29, 1.82) is 0 Å². The second-order valence-electron chi connectivity index (χ2n) is 6.06. The molecule has 7 heteroatoms. The predicted octanol–water partition coefficient (Wildman–Crippen LogP) is 0.536. The van der Waals surface area contributed by atoms with Crippen molar-refractivity contribution < 1.29 is 9.59 Å². The normalized spacial score (nSPS) is 20.8. The maximum absolute atomic E-state index is 12.1. The van der Waals surface area contributed by atoms with Crippen LogP contribution in [-0.2, 0) is 16.0 Å². The van der Waals surface area contributed by atoms with Crippen molar-refractivity contribution in [3.63, 3.8) is 0 Å². The first-order valence-electron chi connectivity index (χ1n) is 8.28. The molecule has 1 heterocycles. The Morgan fingerprint density at radius 3 is 2.67 bits per heavy atom. The minimum atomic E-state index is -0.318. The van der Waals surface area contributed by atoms with Crippen LogP contribution in [0.3, 0.4) is 0 Å². The molecule has 0 radical (unpaired) electrons. The number of amides is 2. The molecule has 132 valence electrons. The number of likely N-dealkylation sites (N-methyl/N-ethyl adjacent to an activating group) is 1. The summed E-state index contributed by atoms with van der Waals surface area (Å²) in [7, 11) is 0. The second-order valence-corrected chi connectivity index (χ2v) is 6.50. The molecule has 0 spiro atoms. The Balaban J connectivity index is 1.78. The lowest BCUT2D eigenvalue weighted by Crippen LogP contribution is -2.47. The number of nitrogens with one attached hydrogen (secondary N) is 2. The van der Waals surface area contributed by atoms with Gasteiger partial charge in [-0.3, -0.25) is 14.5 Å². The maximum atomic E-state index is 12.1. The van der Waals surface area contributed by atoms with Crippen molar-refractivity contribution in [1.82, 2.24) is 15.5 Å². The maximum Gasteiger partial charge on any atom is 0.237 e. The van der Waals surface area contributed by atoms with Gasteiger partial charge in [0.15, 0.2) is 0 Å². The predicted molar refractivity (Wildman–Crippen MR) is 94.8 cm³/mol. The van der Waals surface area contributed by atoms with Gasteiger partial charge >= 0.3 is 0 Å². The van der Waals surface area contributed by atoms with Gasteiger partial charge in [0.05, 0.1) is 12.6 Å². The molecule has 4 N–H and O–H groups in total. The zero-order valence-electron chi connectivity index (χ0n) is 13.9. The van der Waals surface area contributed by atoms with Gasteiger partial charge < -0.3 is 16.4 Å². The van der Waals surface area contributed by atoms with Gasteiger partial charge in [0.2, 0.25) is 11.8 Å². The lowest BCUT2D eigenvalue weighted by atomic mass is 10.1. The number of benzene rings is 1. The van der Waals surface area contributed by atoms with Crippen LogP contribution in [0.5, 0.6) is 0 Å². The lowest BCUT2D eigenvalue weighted by molar-refractivity contribution is -0.127. The highest BCUT2D eigenvalue weighted by molar-refractivity contribution is 6.30. The summed E-state index contributed by atoms with van der Waals surface area (Å²) in [6.07, 6.45) is 1.33. The molecule has 0 bridgehead atoms. The van der Waals surface area contributed by atoms with Crippen LogP contribution in [-0.4, -0.2) is 55.0 Å².